The first kappa shape index (κ1) is 15.5. The van der Waals surface area contributed by atoms with E-state index in [1.165, 1.54) is 16.8 Å². The molecule has 1 unspecified atom stereocenters. The summed E-state index contributed by atoms with van der Waals surface area (Å²) in [4.78, 5) is 11.7. The summed E-state index contributed by atoms with van der Waals surface area (Å²) in [5, 5.41) is 6.37. The Kier molecular flexibility index (Phi) is 6.40. The van der Waals surface area contributed by atoms with Crippen LogP contribution in [0.15, 0.2) is 18.2 Å². The van der Waals surface area contributed by atoms with E-state index in [4.69, 9.17) is 0 Å². The molecule has 1 atom stereocenters. The van der Waals surface area contributed by atoms with Gasteiger partial charge < -0.3 is 10.6 Å². The van der Waals surface area contributed by atoms with Crippen molar-refractivity contribution in [1.29, 1.82) is 0 Å². The minimum atomic E-state index is 0.119. The number of anilines is 1. The van der Waals surface area contributed by atoms with Crippen molar-refractivity contribution in [1.82, 2.24) is 5.32 Å². The predicted molar refractivity (Wildman–Crippen MR) is 81.6 cm³/mol. The van der Waals surface area contributed by atoms with E-state index in [0.29, 0.717) is 13.0 Å². The minimum absolute atomic E-state index is 0.119. The Morgan fingerprint density at radius 1 is 1.32 bits per heavy atom. The number of carbonyl (C=O) groups is 1. The van der Waals surface area contributed by atoms with Gasteiger partial charge in [0.05, 0.1) is 0 Å². The summed E-state index contributed by atoms with van der Waals surface area (Å²) in [7, 11) is 0. The van der Waals surface area contributed by atoms with Gasteiger partial charge in [-0.15, -0.1) is 0 Å². The van der Waals surface area contributed by atoms with Gasteiger partial charge in [0.25, 0.3) is 0 Å². The van der Waals surface area contributed by atoms with Gasteiger partial charge in [0.1, 0.15) is 0 Å². The number of hydrogen-bond acceptors (Lipinski definition) is 2. The second-order valence-electron chi connectivity index (χ2n) is 5.02. The van der Waals surface area contributed by atoms with Crippen LogP contribution in [0.4, 0.5) is 5.69 Å². The molecule has 0 heterocycles. The molecule has 1 aromatic rings. The van der Waals surface area contributed by atoms with E-state index in [-0.39, 0.29) is 11.9 Å². The summed E-state index contributed by atoms with van der Waals surface area (Å²) in [6.07, 6.45) is 2.49. The summed E-state index contributed by atoms with van der Waals surface area (Å²) in [6, 6.07) is 6.57. The molecule has 0 aliphatic heterocycles. The highest BCUT2D eigenvalue weighted by molar-refractivity contribution is 5.76. The molecule has 1 aromatic carbocycles. The fourth-order valence-electron chi connectivity index (χ4n) is 2.03. The number of benzene rings is 1. The summed E-state index contributed by atoms with van der Waals surface area (Å²) in [5.41, 5.74) is 3.73. The molecule has 1 rings (SSSR count). The molecule has 3 heteroatoms. The molecule has 0 fully saturated rings. The Balaban J connectivity index is 2.47. The molecule has 0 aliphatic carbocycles. The molecule has 0 saturated carbocycles. The molecule has 0 aromatic heterocycles. The lowest BCUT2D eigenvalue weighted by Crippen LogP contribution is -2.33. The van der Waals surface area contributed by atoms with Crippen LogP contribution >= 0.6 is 0 Å². The maximum absolute atomic E-state index is 11.7. The van der Waals surface area contributed by atoms with Crippen LogP contribution in [0.5, 0.6) is 0 Å². The van der Waals surface area contributed by atoms with Gasteiger partial charge in [-0.25, -0.2) is 0 Å². The van der Waals surface area contributed by atoms with Crippen LogP contribution in [0.25, 0.3) is 0 Å². The molecule has 0 radical (unpaired) electrons. The summed E-state index contributed by atoms with van der Waals surface area (Å²) < 4.78 is 0. The number of hydrogen-bond donors (Lipinski definition) is 2. The molecule has 0 bridgehead atoms. The lowest BCUT2D eigenvalue weighted by atomic mass is 10.1. The highest BCUT2D eigenvalue weighted by Gasteiger charge is 2.07. The third kappa shape index (κ3) is 4.93. The first-order chi connectivity index (χ1) is 9.08. The Morgan fingerprint density at radius 3 is 2.68 bits per heavy atom. The van der Waals surface area contributed by atoms with Crippen molar-refractivity contribution < 1.29 is 4.79 Å². The van der Waals surface area contributed by atoms with E-state index in [0.717, 1.165) is 12.8 Å². The zero-order chi connectivity index (χ0) is 14.3. The van der Waals surface area contributed by atoms with Gasteiger partial charge in [0.2, 0.25) is 5.91 Å². The highest BCUT2D eigenvalue weighted by atomic mass is 16.1. The van der Waals surface area contributed by atoms with Crippen molar-refractivity contribution in [2.45, 2.75) is 53.0 Å². The van der Waals surface area contributed by atoms with Gasteiger partial charge in [0, 0.05) is 24.7 Å². The molecular formula is C16H26N2O. The van der Waals surface area contributed by atoms with Gasteiger partial charge >= 0.3 is 0 Å². The average Bonchev–Trinajstić information content (AvgIpc) is 2.40. The van der Waals surface area contributed by atoms with Crippen LogP contribution in [0.1, 0.15) is 44.7 Å². The number of carbonyl (C=O) groups excluding carboxylic acids is 1. The van der Waals surface area contributed by atoms with Crippen LogP contribution < -0.4 is 10.6 Å². The summed E-state index contributed by atoms with van der Waals surface area (Å²) in [5.74, 6) is 0.119. The third-order valence-corrected chi connectivity index (χ3v) is 3.41. The number of amides is 1. The Bertz CT molecular complexity index is 415. The fourth-order valence-corrected chi connectivity index (χ4v) is 2.03. The van der Waals surface area contributed by atoms with E-state index in [9.17, 15) is 4.79 Å². The van der Waals surface area contributed by atoms with Crippen molar-refractivity contribution >= 4 is 11.6 Å². The predicted octanol–water partition coefficient (Wildman–Crippen LogP) is 3.27. The van der Waals surface area contributed by atoms with Gasteiger partial charge in [-0.1, -0.05) is 32.0 Å². The van der Waals surface area contributed by atoms with Crippen molar-refractivity contribution in [2.24, 2.45) is 0 Å². The Labute approximate surface area is 116 Å². The van der Waals surface area contributed by atoms with Gasteiger partial charge in [-0.05, 0) is 37.8 Å². The molecule has 3 nitrogen and oxygen atoms in total. The second kappa shape index (κ2) is 7.82. The van der Waals surface area contributed by atoms with Crippen LogP contribution in [0, 0.1) is 6.92 Å². The molecule has 19 heavy (non-hydrogen) atoms. The van der Waals surface area contributed by atoms with Gasteiger partial charge in [-0.2, -0.15) is 0 Å². The Morgan fingerprint density at radius 2 is 2.05 bits per heavy atom. The average molecular weight is 262 g/mol. The van der Waals surface area contributed by atoms with Crippen molar-refractivity contribution in [3.05, 3.63) is 29.3 Å². The van der Waals surface area contributed by atoms with Crippen molar-refractivity contribution in [3.8, 4) is 0 Å². The van der Waals surface area contributed by atoms with Crippen molar-refractivity contribution in [3.63, 3.8) is 0 Å². The summed E-state index contributed by atoms with van der Waals surface area (Å²) in [6.45, 7) is 9.03. The molecule has 2 N–H and O–H groups in total. The first-order valence-electron chi connectivity index (χ1n) is 7.20. The third-order valence-electron chi connectivity index (χ3n) is 3.41. The van der Waals surface area contributed by atoms with Crippen LogP contribution in [-0.4, -0.2) is 18.5 Å². The second-order valence-corrected chi connectivity index (χ2v) is 5.02. The zero-order valence-corrected chi connectivity index (χ0v) is 12.5. The standard InChI is InChI=1S/C16H26N2O/c1-5-13(4)18-15(19)10-11-17-16-12(3)8-7-9-14(16)6-2/h7-9,13,17H,5-6,10-11H2,1-4H3,(H,18,19). The quantitative estimate of drug-likeness (QED) is 0.792. The highest BCUT2D eigenvalue weighted by Crippen LogP contribution is 2.20. The van der Waals surface area contributed by atoms with E-state index >= 15 is 0 Å². The lowest BCUT2D eigenvalue weighted by molar-refractivity contribution is -0.121. The maximum Gasteiger partial charge on any atom is 0.221 e. The molecule has 0 aliphatic rings. The SMILES string of the molecule is CCc1cccc(C)c1NCCC(=O)NC(C)CC. The van der Waals surface area contributed by atoms with Crippen LogP contribution in [0.3, 0.4) is 0 Å². The molecule has 0 saturated heterocycles. The van der Waals surface area contributed by atoms with E-state index in [2.05, 4.69) is 49.6 Å². The van der Waals surface area contributed by atoms with E-state index in [1.807, 2.05) is 6.92 Å². The minimum Gasteiger partial charge on any atom is -0.384 e. The normalized spacial score (nSPS) is 12.0. The fraction of sp³-hybridized carbons (Fsp3) is 0.562. The van der Waals surface area contributed by atoms with Gasteiger partial charge in [0.15, 0.2) is 0 Å². The molecule has 106 valence electrons. The Hall–Kier alpha value is -1.51. The molecule has 0 spiro atoms. The lowest BCUT2D eigenvalue weighted by Gasteiger charge is -2.15. The zero-order valence-electron chi connectivity index (χ0n) is 12.5. The van der Waals surface area contributed by atoms with E-state index < -0.39 is 0 Å². The van der Waals surface area contributed by atoms with Crippen molar-refractivity contribution in [2.75, 3.05) is 11.9 Å². The number of para-hydroxylation sites is 1. The number of rotatable bonds is 7. The van der Waals surface area contributed by atoms with Gasteiger partial charge in [-0.3, -0.25) is 4.79 Å². The largest absolute Gasteiger partial charge is 0.384 e. The monoisotopic (exact) mass is 262 g/mol. The van der Waals surface area contributed by atoms with E-state index in [1.54, 1.807) is 0 Å². The molecular weight excluding hydrogens is 236 g/mol. The topological polar surface area (TPSA) is 41.1 Å². The number of nitrogens with one attached hydrogen (secondary N) is 2. The number of aryl methyl sites for hydroxylation is 2. The maximum atomic E-state index is 11.7. The smallest absolute Gasteiger partial charge is 0.221 e. The first-order valence-corrected chi connectivity index (χ1v) is 7.20. The molecule has 1 amide bonds. The summed E-state index contributed by atoms with van der Waals surface area (Å²) >= 11 is 0. The van der Waals surface area contributed by atoms with Crippen LogP contribution in [0.2, 0.25) is 0 Å². The van der Waals surface area contributed by atoms with Crippen LogP contribution in [-0.2, 0) is 11.2 Å².